The van der Waals surface area contributed by atoms with Gasteiger partial charge >= 0.3 is 6.09 Å². The molecule has 1 amide bonds. The highest BCUT2D eigenvalue weighted by Crippen LogP contribution is 2.38. The second-order valence-electron chi connectivity index (χ2n) is 7.98. The van der Waals surface area contributed by atoms with E-state index in [9.17, 15) is 9.90 Å². The number of aliphatic hydroxyl groups is 2. The molecule has 0 radical (unpaired) electrons. The van der Waals surface area contributed by atoms with Gasteiger partial charge in [0.1, 0.15) is 5.60 Å². The van der Waals surface area contributed by atoms with E-state index in [1.807, 2.05) is 0 Å². The molecule has 1 atom stereocenters. The third-order valence-corrected chi connectivity index (χ3v) is 4.45. The first-order valence-electron chi connectivity index (χ1n) is 8.96. The maximum Gasteiger partial charge on any atom is 0.410 e. The van der Waals surface area contributed by atoms with Gasteiger partial charge in [0.05, 0.1) is 18.4 Å². The van der Waals surface area contributed by atoms with Crippen molar-refractivity contribution in [3.05, 3.63) is 29.1 Å². The Hall–Kier alpha value is -1.73. The van der Waals surface area contributed by atoms with Gasteiger partial charge in [-0.1, -0.05) is 6.07 Å². The number of halogens is 1. The number of likely N-dealkylation sites (tertiary alicyclic amines) is 1. The lowest BCUT2D eigenvalue weighted by atomic mass is 9.87. The summed E-state index contributed by atoms with van der Waals surface area (Å²) in [5, 5.41) is 18.5. The van der Waals surface area contributed by atoms with Gasteiger partial charge in [0, 0.05) is 38.5 Å². The maximum absolute atomic E-state index is 15.5. The van der Waals surface area contributed by atoms with Crippen LogP contribution in [0, 0.1) is 6.92 Å². The Morgan fingerprint density at radius 3 is 2.54 bits per heavy atom. The fourth-order valence-corrected chi connectivity index (χ4v) is 3.16. The quantitative estimate of drug-likeness (QED) is 0.853. The number of nitrogens with zero attached hydrogens (tertiary/aromatic N) is 2. The smallest absolute Gasteiger partial charge is 0.410 e. The standard InChI is InChI=1S/C19H29FN2O4/c1-13-9-14(10-15(24)12-23)11-21-16(13)19(20)5-7-22(8-6-19)17(25)26-18(2,3)4/h9,11,15,23-24H,5-8,10,12H2,1-4H3/t15-/m1/s1. The molecule has 0 aromatic carbocycles. The molecular weight excluding hydrogens is 339 g/mol. The minimum atomic E-state index is -1.59. The molecule has 1 saturated heterocycles. The summed E-state index contributed by atoms with van der Waals surface area (Å²) in [5.74, 6) is 0. The molecule has 2 rings (SSSR count). The molecule has 0 aliphatic carbocycles. The van der Waals surface area contributed by atoms with Crippen LogP contribution < -0.4 is 0 Å². The summed E-state index contributed by atoms with van der Waals surface area (Å²) in [7, 11) is 0. The Morgan fingerprint density at radius 1 is 1.42 bits per heavy atom. The summed E-state index contributed by atoms with van der Waals surface area (Å²) in [6.07, 6.45) is 0.882. The van der Waals surface area contributed by atoms with Crippen LogP contribution in [0.15, 0.2) is 12.3 Å². The second-order valence-corrected chi connectivity index (χ2v) is 7.98. The van der Waals surface area contributed by atoms with Crippen molar-refractivity contribution in [2.24, 2.45) is 0 Å². The van der Waals surface area contributed by atoms with Gasteiger partial charge in [0.2, 0.25) is 0 Å². The Labute approximate surface area is 154 Å². The number of carbonyl (C=O) groups excluding carboxylic acids is 1. The summed E-state index contributed by atoms with van der Waals surface area (Å²) in [5.41, 5.74) is -0.322. The Balaban J connectivity index is 2.05. The molecule has 1 aromatic rings. The van der Waals surface area contributed by atoms with Crippen LogP contribution in [0.2, 0.25) is 0 Å². The van der Waals surface area contributed by atoms with Crippen molar-refractivity contribution in [2.75, 3.05) is 19.7 Å². The third kappa shape index (κ3) is 5.14. The molecule has 1 aliphatic heterocycles. The molecule has 0 unspecified atom stereocenters. The number of piperidine rings is 1. The molecule has 6 nitrogen and oxygen atoms in total. The molecule has 1 aliphatic rings. The number of aryl methyl sites for hydroxylation is 1. The van der Waals surface area contributed by atoms with E-state index < -0.39 is 23.5 Å². The van der Waals surface area contributed by atoms with Crippen LogP contribution in [0.1, 0.15) is 50.4 Å². The number of aliphatic hydroxyl groups excluding tert-OH is 2. The van der Waals surface area contributed by atoms with E-state index in [-0.39, 0.29) is 39.0 Å². The minimum Gasteiger partial charge on any atom is -0.444 e. The van der Waals surface area contributed by atoms with Gasteiger partial charge in [-0.3, -0.25) is 4.98 Å². The number of carbonyl (C=O) groups is 1. The van der Waals surface area contributed by atoms with Crippen LogP contribution >= 0.6 is 0 Å². The molecule has 146 valence electrons. The normalized spacial score (nSPS) is 18.5. The number of pyridine rings is 1. The van der Waals surface area contributed by atoms with Gasteiger partial charge in [-0.05, 0) is 38.8 Å². The zero-order valence-corrected chi connectivity index (χ0v) is 16.0. The lowest BCUT2D eigenvalue weighted by Crippen LogP contribution is -2.45. The number of hydrogen-bond donors (Lipinski definition) is 2. The fourth-order valence-electron chi connectivity index (χ4n) is 3.16. The molecule has 0 spiro atoms. The van der Waals surface area contributed by atoms with E-state index in [2.05, 4.69) is 4.98 Å². The largest absolute Gasteiger partial charge is 0.444 e. The highest BCUT2D eigenvalue weighted by molar-refractivity contribution is 5.68. The summed E-state index contributed by atoms with van der Waals surface area (Å²) in [6.45, 7) is 7.42. The number of hydrogen-bond acceptors (Lipinski definition) is 5. The van der Waals surface area contributed by atoms with Gasteiger partial charge in [0.15, 0.2) is 5.67 Å². The lowest BCUT2D eigenvalue weighted by molar-refractivity contribution is 0.00112. The molecule has 0 bridgehead atoms. The molecular formula is C19H29FN2O4. The number of aromatic nitrogens is 1. The van der Waals surface area contributed by atoms with Gasteiger partial charge in [-0.15, -0.1) is 0 Å². The van der Waals surface area contributed by atoms with E-state index >= 15 is 4.39 Å². The average Bonchev–Trinajstić information content (AvgIpc) is 2.53. The van der Waals surface area contributed by atoms with Crippen molar-refractivity contribution in [2.45, 2.75) is 64.3 Å². The van der Waals surface area contributed by atoms with Crippen molar-refractivity contribution in [1.82, 2.24) is 9.88 Å². The number of amides is 1. The van der Waals surface area contributed by atoms with Gasteiger partial charge in [-0.25, -0.2) is 9.18 Å². The van der Waals surface area contributed by atoms with Gasteiger partial charge < -0.3 is 19.8 Å². The van der Waals surface area contributed by atoms with Gasteiger partial charge in [-0.2, -0.15) is 0 Å². The van der Waals surface area contributed by atoms with Crippen molar-refractivity contribution in [1.29, 1.82) is 0 Å². The van der Waals surface area contributed by atoms with Crippen molar-refractivity contribution < 1.29 is 24.1 Å². The number of rotatable bonds is 4. The third-order valence-electron chi connectivity index (χ3n) is 4.45. The number of ether oxygens (including phenoxy) is 1. The molecule has 26 heavy (non-hydrogen) atoms. The summed E-state index contributed by atoms with van der Waals surface area (Å²) in [4.78, 5) is 17.9. The van der Waals surface area contributed by atoms with Crippen LogP contribution in [0.25, 0.3) is 0 Å². The minimum absolute atomic E-state index is 0.165. The van der Waals surface area contributed by atoms with E-state index in [4.69, 9.17) is 9.84 Å². The Bertz CT molecular complexity index is 637. The van der Waals surface area contributed by atoms with Crippen molar-refractivity contribution >= 4 is 6.09 Å². The fraction of sp³-hybridized carbons (Fsp3) is 0.684. The van der Waals surface area contributed by atoms with Crippen LogP contribution in [0.3, 0.4) is 0 Å². The molecule has 2 N–H and O–H groups in total. The molecule has 0 saturated carbocycles. The summed E-state index contributed by atoms with van der Waals surface area (Å²) < 4.78 is 20.8. The van der Waals surface area contributed by atoms with E-state index in [0.29, 0.717) is 11.3 Å². The zero-order valence-electron chi connectivity index (χ0n) is 16.0. The van der Waals surface area contributed by atoms with Crippen LogP contribution in [0.5, 0.6) is 0 Å². The first-order valence-corrected chi connectivity index (χ1v) is 8.96. The molecule has 1 aromatic heterocycles. The van der Waals surface area contributed by atoms with Crippen LogP contribution in [-0.2, 0) is 16.8 Å². The Morgan fingerprint density at radius 2 is 2.04 bits per heavy atom. The highest BCUT2D eigenvalue weighted by Gasteiger charge is 2.40. The monoisotopic (exact) mass is 368 g/mol. The molecule has 1 fully saturated rings. The molecule has 2 heterocycles. The van der Waals surface area contributed by atoms with Crippen molar-refractivity contribution in [3.63, 3.8) is 0 Å². The van der Waals surface area contributed by atoms with Crippen LogP contribution in [0.4, 0.5) is 9.18 Å². The topological polar surface area (TPSA) is 82.9 Å². The van der Waals surface area contributed by atoms with Gasteiger partial charge in [0.25, 0.3) is 0 Å². The first-order chi connectivity index (χ1) is 12.0. The summed E-state index contributed by atoms with van der Waals surface area (Å²) >= 11 is 0. The maximum atomic E-state index is 15.5. The van der Waals surface area contributed by atoms with Crippen LogP contribution in [-0.4, -0.2) is 57.6 Å². The number of alkyl halides is 1. The highest BCUT2D eigenvalue weighted by atomic mass is 19.1. The van der Waals surface area contributed by atoms with Crippen molar-refractivity contribution in [3.8, 4) is 0 Å². The second kappa shape index (κ2) is 7.88. The predicted molar refractivity (Wildman–Crippen MR) is 95.6 cm³/mol. The average molecular weight is 368 g/mol. The lowest BCUT2D eigenvalue weighted by Gasteiger charge is -2.37. The summed E-state index contributed by atoms with van der Waals surface area (Å²) in [6, 6.07) is 1.79. The predicted octanol–water partition coefficient (Wildman–Crippen LogP) is 2.48. The first kappa shape index (κ1) is 20.6. The van der Waals surface area contributed by atoms with E-state index in [1.165, 1.54) is 4.90 Å². The Kier molecular flexibility index (Phi) is 6.24. The van der Waals surface area contributed by atoms with E-state index in [0.717, 1.165) is 5.56 Å². The SMILES string of the molecule is Cc1cc(C[C@@H](O)CO)cnc1C1(F)CCN(C(=O)OC(C)(C)C)CC1. The zero-order chi connectivity index (χ0) is 19.5. The molecule has 7 heteroatoms. The van der Waals surface area contributed by atoms with E-state index in [1.54, 1.807) is 40.0 Å².